The first-order valence-electron chi connectivity index (χ1n) is 12.4. The van der Waals surface area contributed by atoms with Crippen LogP contribution in [0.5, 0.6) is 0 Å². The third-order valence-electron chi connectivity index (χ3n) is 9.46. The van der Waals surface area contributed by atoms with Crippen LogP contribution in [0.4, 0.5) is 22.0 Å². The first-order chi connectivity index (χ1) is 16.7. The first-order valence-corrected chi connectivity index (χ1v) is 12.4. The van der Waals surface area contributed by atoms with Crippen LogP contribution >= 0.6 is 0 Å². The van der Waals surface area contributed by atoms with E-state index in [2.05, 4.69) is 0 Å². The summed E-state index contributed by atoms with van der Waals surface area (Å²) in [5.41, 5.74) is -0.773. The van der Waals surface area contributed by atoms with Crippen molar-refractivity contribution in [1.82, 2.24) is 0 Å². The molecule has 0 bridgehead atoms. The van der Waals surface area contributed by atoms with Crippen molar-refractivity contribution >= 4 is 11.6 Å². The lowest BCUT2D eigenvalue weighted by Crippen LogP contribution is -2.65. The number of carbonyl (C=O) groups excluding carboxylic acids is 2. The number of fused-ring (bicyclic) bond motifs is 4. The van der Waals surface area contributed by atoms with Gasteiger partial charge in [0.25, 0.3) is 0 Å². The van der Waals surface area contributed by atoms with Gasteiger partial charge in [0.2, 0.25) is 0 Å². The second-order valence-electron chi connectivity index (χ2n) is 11.2. The van der Waals surface area contributed by atoms with E-state index in [0.29, 0.717) is 31.2 Å². The summed E-state index contributed by atoms with van der Waals surface area (Å²) in [6.45, 7) is 2.82. The number of benzene rings is 1. The molecule has 0 radical (unpaired) electrons. The molecule has 0 unspecified atom stereocenters. The van der Waals surface area contributed by atoms with E-state index in [9.17, 15) is 36.6 Å². The van der Waals surface area contributed by atoms with E-state index in [1.54, 1.807) is 24.3 Å². The van der Waals surface area contributed by atoms with E-state index in [0.717, 1.165) is 22.3 Å². The fourth-order valence-electron chi connectivity index (χ4n) is 7.60. The standard InChI is InChI=1S/C28H29F5O3/c1-15(34)16-3-5-17(6-4-16)22-14-25(2)23(11-12-26(25,36)27(29,30)28(31,32)33)21-9-7-18-13-19(35)8-10-20(18)24(21)22/h3-7,21-23,36H,8-14H2,1-2H3/t21-,22+,23-,25-,26-/m0/s1. The lowest BCUT2D eigenvalue weighted by Gasteiger charge is -2.55. The summed E-state index contributed by atoms with van der Waals surface area (Å²) < 4.78 is 70.7. The number of carbonyl (C=O) groups is 2. The van der Waals surface area contributed by atoms with Crippen molar-refractivity contribution in [3.05, 3.63) is 58.2 Å². The van der Waals surface area contributed by atoms with Gasteiger partial charge < -0.3 is 5.11 Å². The van der Waals surface area contributed by atoms with Crippen LogP contribution in [0.25, 0.3) is 0 Å². The zero-order chi connectivity index (χ0) is 26.3. The van der Waals surface area contributed by atoms with E-state index < -0.39 is 41.4 Å². The summed E-state index contributed by atoms with van der Waals surface area (Å²) in [7, 11) is 0. The average molecular weight is 509 g/mol. The van der Waals surface area contributed by atoms with Crippen LogP contribution in [0.2, 0.25) is 0 Å². The van der Waals surface area contributed by atoms with Gasteiger partial charge in [0.05, 0.1) is 0 Å². The SMILES string of the molecule is CC(=O)c1ccc([C@H]2C[C@@]3(C)[C@@H](CC[C@@]3(O)C(F)(F)C(F)(F)F)[C@@H]3CC=C4CC(=O)CCC4=C32)cc1. The lowest BCUT2D eigenvalue weighted by atomic mass is 9.51. The molecule has 5 atom stereocenters. The third kappa shape index (κ3) is 3.39. The zero-order valence-electron chi connectivity index (χ0n) is 20.2. The highest BCUT2D eigenvalue weighted by Crippen LogP contribution is 2.70. The summed E-state index contributed by atoms with van der Waals surface area (Å²) >= 11 is 0. The van der Waals surface area contributed by atoms with Gasteiger partial charge in [-0.3, -0.25) is 9.59 Å². The van der Waals surface area contributed by atoms with E-state index in [1.165, 1.54) is 13.8 Å². The van der Waals surface area contributed by atoms with Crippen molar-refractivity contribution < 1.29 is 36.6 Å². The Morgan fingerprint density at radius 2 is 1.75 bits per heavy atom. The number of alkyl halides is 5. The molecule has 0 heterocycles. The predicted octanol–water partition coefficient (Wildman–Crippen LogP) is 6.72. The van der Waals surface area contributed by atoms with Gasteiger partial charge in [-0.15, -0.1) is 0 Å². The van der Waals surface area contributed by atoms with Gasteiger partial charge >= 0.3 is 12.1 Å². The normalized spacial score (nSPS) is 34.6. The maximum Gasteiger partial charge on any atom is 0.456 e. The summed E-state index contributed by atoms with van der Waals surface area (Å²) in [5.74, 6) is -6.62. The molecular weight excluding hydrogens is 479 g/mol. The Morgan fingerprint density at radius 3 is 2.36 bits per heavy atom. The maximum absolute atomic E-state index is 15.0. The van der Waals surface area contributed by atoms with Gasteiger partial charge in [-0.25, -0.2) is 0 Å². The molecule has 0 spiro atoms. The number of Topliss-reactive ketones (excluding diaryl/α,β-unsaturated/α-hetero) is 2. The highest BCUT2D eigenvalue weighted by Gasteiger charge is 2.79. The minimum atomic E-state index is -5.87. The quantitative estimate of drug-likeness (QED) is 0.364. The number of hydrogen-bond acceptors (Lipinski definition) is 3. The fraction of sp³-hybridized carbons (Fsp3) is 0.571. The van der Waals surface area contributed by atoms with Crippen LogP contribution in [0, 0.1) is 17.3 Å². The maximum atomic E-state index is 15.0. The molecule has 1 aromatic carbocycles. The number of halogens is 5. The minimum Gasteiger partial charge on any atom is -0.383 e. The number of ketones is 2. The van der Waals surface area contributed by atoms with E-state index >= 15 is 0 Å². The van der Waals surface area contributed by atoms with Crippen LogP contribution < -0.4 is 0 Å². The van der Waals surface area contributed by atoms with Gasteiger partial charge in [0.15, 0.2) is 5.78 Å². The molecule has 36 heavy (non-hydrogen) atoms. The average Bonchev–Trinajstić information content (AvgIpc) is 3.09. The van der Waals surface area contributed by atoms with Crippen LogP contribution in [0.1, 0.15) is 80.6 Å². The molecule has 0 aromatic heterocycles. The number of hydrogen-bond donors (Lipinski definition) is 1. The Hall–Kier alpha value is -2.35. The summed E-state index contributed by atoms with van der Waals surface area (Å²) in [6.07, 6.45) is -2.93. The van der Waals surface area contributed by atoms with Crippen molar-refractivity contribution in [2.75, 3.05) is 0 Å². The van der Waals surface area contributed by atoms with Gasteiger partial charge in [-0.1, -0.05) is 42.8 Å². The summed E-state index contributed by atoms with van der Waals surface area (Å²) in [5, 5.41) is 11.3. The smallest absolute Gasteiger partial charge is 0.383 e. The van der Waals surface area contributed by atoms with Crippen molar-refractivity contribution in [2.45, 2.75) is 82.4 Å². The highest BCUT2D eigenvalue weighted by atomic mass is 19.4. The zero-order valence-corrected chi connectivity index (χ0v) is 20.2. The molecule has 3 saturated carbocycles. The number of allylic oxidation sites excluding steroid dienone is 4. The molecule has 3 fully saturated rings. The molecule has 1 aromatic rings. The van der Waals surface area contributed by atoms with Crippen molar-refractivity contribution in [2.24, 2.45) is 17.3 Å². The molecule has 3 nitrogen and oxygen atoms in total. The Balaban J connectivity index is 1.67. The van der Waals surface area contributed by atoms with E-state index in [1.807, 2.05) is 6.08 Å². The summed E-state index contributed by atoms with van der Waals surface area (Å²) in [6, 6.07) is 6.75. The van der Waals surface area contributed by atoms with Crippen LogP contribution in [-0.4, -0.2) is 34.4 Å². The van der Waals surface area contributed by atoms with Crippen LogP contribution in [0.3, 0.4) is 0 Å². The van der Waals surface area contributed by atoms with Crippen molar-refractivity contribution in [1.29, 1.82) is 0 Å². The Labute approximate surface area is 206 Å². The van der Waals surface area contributed by atoms with Crippen molar-refractivity contribution in [3.63, 3.8) is 0 Å². The van der Waals surface area contributed by atoms with E-state index in [4.69, 9.17) is 0 Å². The molecular formula is C28H29F5O3. The summed E-state index contributed by atoms with van der Waals surface area (Å²) in [4.78, 5) is 23.9. The predicted molar refractivity (Wildman–Crippen MR) is 123 cm³/mol. The molecule has 8 heteroatoms. The topological polar surface area (TPSA) is 54.4 Å². The van der Waals surface area contributed by atoms with Gasteiger partial charge in [-0.2, -0.15) is 22.0 Å². The number of aliphatic hydroxyl groups is 1. The molecule has 0 aliphatic heterocycles. The first kappa shape index (κ1) is 25.3. The largest absolute Gasteiger partial charge is 0.456 e. The lowest BCUT2D eigenvalue weighted by molar-refractivity contribution is -0.362. The second-order valence-corrected chi connectivity index (χ2v) is 11.2. The molecule has 194 valence electrons. The van der Waals surface area contributed by atoms with Gasteiger partial charge in [0, 0.05) is 29.7 Å². The molecule has 0 amide bonds. The highest BCUT2D eigenvalue weighted by molar-refractivity contribution is 5.94. The van der Waals surface area contributed by atoms with Crippen molar-refractivity contribution in [3.8, 4) is 0 Å². The Bertz CT molecular complexity index is 1180. The van der Waals surface area contributed by atoms with Crippen LogP contribution in [0.15, 0.2) is 47.1 Å². The second kappa shape index (κ2) is 8.07. The van der Waals surface area contributed by atoms with Gasteiger partial charge in [0.1, 0.15) is 11.4 Å². The van der Waals surface area contributed by atoms with E-state index in [-0.39, 0.29) is 30.3 Å². The third-order valence-corrected chi connectivity index (χ3v) is 9.46. The molecule has 1 N–H and O–H groups in total. The fourth-order valence-corrected chi connectivity index (χ4v) is 7.60. The van der Waals surface area contributed by atoms with Crippen LogP contribution in [-0.2, 0) is 4.79 Å². The molecule has 4 aliphatic rings. The molecule has 0 saturated heterocycles. The molecule has 4 aliphatic carbocycles. The number of rotatable bonds is 3. The molecule has 5 rings (SSSR count). The minimum absolute atomic E-state index is 0.0677. The Morgan fingerprint density at radius 1 is 1.08 bits per heavy atom. The monoisotopic (exact) mass is 508 g/mol. The van der Waals surface area contributed by atoms with Gasteiger partial charge in [-0.05, 0) is 67.6 Å². The Kier molecular flexibility index (Phi) is 5.67.